The van der Waals surface area contributed by atoms with Crippen molar-refractivity contribution in [2.24, 2.45) is 0 Å². The summed E-state index contributed by atoms with van der Waals surface area (Å²) < 4.78 is 51.9. The Bertz CT molecular complexity index is 1200. The summed E-state index contributed by atoms with van der Waals surface area (Å²) in [5.74, 6) is -0.672. The zero-order chi connectivity index (χ0) is 24.5. The van der Waals surface area contributed by atoms with E-state index in [1.54, 1.807) is 31.2 Å². The maximum atomic E-state index is 13.4. The highest BCUT2D eigenvalue weighted by Gasteiger charge is 2.45. The minimum Gasteiger partial charge on any atom is -0.461 e. The average Bonchev–Trinajstić information content (AvgIpc) is 3.38. The molecule has 12 heteroatoms. The number of hydrogen-bond donors (Lipinski definition) is 0. The number of aromatic nitrogens is 3. The van der Waals surface area contributed by atoms with Gasteiger partial charge in [0.2, 0.25) is 0 Å². The number of ether oxygens (including phenoxy) is 2. The number of amides is 1. The van der Waals surface area contributed by atoms with Crippen LogP contribution in [-0.4, -0.2) is 39.8 Å². The van der Waals surface area contributed by atoms with Gasteiger partial charge in [0.25, 0.3) is 0 Å². The molecule has 2 aromatic carbocycles. The van der Waals surface area contributed by atoms with Crippen molar-refractivity contribution in [1.82, 2.24) is 15.0 Å². The van der Waals surface area contributed by atoms with Crippen LogP contribution in [0.2, 0.25) is 5.02 Å². The van der Waals surface area contributed by atoms with E-state index in [0.29, 0.717) is 10.7 Å². The molecule has 1 amide bonds. The summed E-state index contributed by atoms with van der Waals surface area (Å²) in [6, 6.07) is 10.0. The van der Waals surface area contributed by atoms with Crippen LogP contribution in [0.4, 0.5) is 23.7 Å². The molecule has 2 atom stereocenters. The first-order valence-corrected chi connectivity index (χ1v) is 10.5. The average molecular weight is 495 g/mol. The highest BCUT2D eigenvalue weighted by atomic mass is 35.5. The van der Waals surface area contributed by atoms with Gasteiger partial charge in [-0.15, -0.1) is 5.10 Å². The van der Waals surface area contributed by atoms with Crippen LogP contribution in [0, 0.1) is 0 Å². The number of halogens is 4. The van der Waals surface area contributed by atoms with Gasteiger partial charge in [0.05, 0.1) is 24.9 Å². The third-order valence-electron chi connectivity index (χ3n) is 5.13. The van der Waals surface area contributed by atoms with Crippen LogP contribution >= 0.6 is 11.6 Å². The fraction of sp³-hybridized carbons (Fsp3) is 0.273. The van der Waals surface area contributed by atoms with Gasteiger partial charge in [0.15, 0.2) is 5.69 Å². The molecule has 0 unspecified atom stereocenters. The summed E-state index contributed by atoms with van der Waals surface area (Å²) in [6.45, 7) is 1.73. The van der Waals surface area contributed by atoms with Gasteiger partial charge in [-0.25, -0.2) is 14.3 Å². The number of cyclic esters (lactones) is 1. The molecule has 0 aliphatic carbocycles. The lowest BCUT2D eigenvalue weighted by Crippen LogP contribution is -2.31. The van der Waals surface area contributed by atoms with Gasteiger partial charge in [-0.3, -0.25) is 4.90 Å². The van der Waals surface area contributed by atoms with Crippen LogP contribution in [0.1, 0.15) is 34.6 Å². The van der Waals surface area contributed by atoms with E-state index in [1.165, 1.54) is 27.9 Å². The van der Waals surface area contributed by atoms with Crippen molar-refractivity contribution in [3.05, 3.63) is 76.6 Å². The molecule has 178 valence electrons. The number of rotatable bonds is 6. The predicted octanol–water partition coefficient (Wildman–Crippen LogP) is 4.89. The molecule has 0 N–H and O–H groups in total. The normalized spacial score (nSPS) is 18.1. The first-order valence-electron chi connectivity index (χ1n) is 10.2. The van der Waals surface area contributed by atoms with Gasteiger partial charge >= 0.3 is 18.2 Å². The Morgan fingerprint density at radius 1 is 1.21 bits per heavy atom. The van der Waals surface area contributed by atoms with Crippen LogP contribution in [0.25, 0.3) is 0 Å². The second-order valence-corrected chi connectivity index (χ2v) is 7.82. The Kier molecular flexibility index (Phi) is 6.47. The number of carbonyl (C=O) groups excluding carboxylic acids is 2. The van der Waals surface area contributed by atoms with Crippen molar-refractivity contribution >= 4 is 29.4 Å². The molecule has 3 aromatic rings. The Morgan fingerprint density at radius 2 is 1.94 bits per heavy atom. The summed E-state index contributed by atoms with van der Waals surface area (Å²) in [6.07, 6.45) is -4.94. The van der Waals surface area contributed by atoms with Crippen molar-refractivity contribution in [3.63, 3.8) is 0 Å². The molecule has 1 saturated heterocycles. The summed E-state index contributed by atoms with van der Waals surface area (Å²) in [7, 11) is 0. The minimum absolute atomic E-state index is 0.0450. The molecule has 34 heavy (non-hydrogen) atoms. The van der Waals surface area contributed by atoms with Crippen LogP contribution in [0.3, 0.4) is 0 Å². The molecule has 1 aliphatic rings. The second kappa shape index (κ2) is 9.34. The summed E-state index contributed by atoms with van der Waals surface area (Å²) in [4.78, 5) is 26.0. The number of anilines is 1. The standard InChI is InChI=1S/C22H18ClF3N4O4/c1-2-33-20(31)17-11-29(28-27-17)12-18-19(13-4-3-5-14(10-13)22(24,25)26)30(21(32)34-18)16-8-6-15(23)7-9-16/h3-11,18-19H,2,12H2,1H3/t18-,19-/m0/s1. The first kappa shape index (κ1) is 23.6. The zero-order valence-corrected chi connectivity index (χ0v) is 18.5. The molecule has 1 aliphatic heterocycles. The largest absolute Gasteiger partial charge is 0.461 e. The molecule has 8 nitrogen and oxygen atoms in total. The second-order valence-electron chi connectivity index (χ2n) is 7.38. The number of benzene rings is 2. The Balaban J connectivity index is 1.71. The molecular weight excluding hydrogens is 477 g/mol. The lowest BCUT2D eigenvalue weighted by molar-refractivity contribution is -0.137. The van der Waals surface area contributed by atoms with E-state index < -0.39 is 35.9 Å². The van der Waals surface area contributed by atoms with Crippen molar-refractivity contribution in [3.8, 4) is 0 Å². The number of alkyl halides is 3. The van der Waals surface area contributed by atoms with E-state index in [-0.39, 0.29) is 24.4 Å². The van der Waals surface area contributed by atoms with E-state index in [0.717, 1.165) is 12.1 Å². The fourth-order valence-electron chi connectivity index (χ4n) is 3.67. The van der Waals surface area contributed by atoms with Gasteiger partial charge in [-0.05, 0) is 48.9 Å². The fourth-order valence-corrected chi connectivity index (χ4v) is 3.79. The van der Waals surface area contributed by atoms with E-state index in [4.69, 9.17) is 21.1 Å². The first-order chi connectivity index (χ1) is 16.2. The lowest BCUT2D eigenvalue weighted by atomic mass is 9.98. The SMILES string of the molecule is CCOC(=O)c1cn(C[C@@H]2OC(=O)N(c3ccc(Cl)cc3)[C@H]2c2cccc(C(F)(F)F)c2)nn1. The van der Waals surface area contributed by atoms with Crippen LogP contribution in [0.5, 0.6) is 0 Å². The molecule has 0 radical (unpaired) electrons. The van der Waals surface area contributed by atoms with Gasteiger partial charge in [0, 0.05) is 10.7 Å². The number of hydrogen-bond acceptors (Lipinski definition) is 6. The molecule has 0 saturated carbocycles. The Hall–Kier alpha value is -3.60. The van der Waals surface area contributed by atoms with E-state index in [1.807, 2.05) is 0 Å². The number of nitrogens with zero attached hydrogens (tertiary/aromatic N) is 4. The van der Waals surface area contributed by atoms with Crippen molar-refractivity contribution in [1.29, 1.82) is 0 Å². The summed E-state index contributed by atoms with van der Waals surface area (Å²) >= 11 is 5.95. The van der Waals surface area contributed by atoms with Crippen molar-refractivity contribution in [2.75, 3.05) is 11.5 Å². The summed E-state index contributed by atoms with van der Waals surface area (Å²) in [5, 5.41) is 8.04. The Morgan fingerprint density at radius 3 is 2.62 bits per heavy atom. The van der Waals surface area contributed by atoms with E-state index in [2.05, 4.69) is 10.3 Å². The van der Waals surface area contributed by atoms with Crippen LogP contribution < -0.4 is 4.90 Å². The topological polar surface area (TPSA) is 86.5 Å². The monoisotopic (exact) mass is 494 g/mol. The van der Waals surface area contributed by atoms with E-state index in [9.17, 15) is 22.8 Å². The molecule has 4 rings (SSSR count). The third kappa shape index (κ3) is 4.84. The number of esters is 1. The maximum Gasteiger partial charge on any atom is 0.416 e. The van der Waals surface area contributed by atoms with Crippen molar-refractivity contribution in [2.45, 2.75) is 31.8 Å². The van der Waals surface area contributed by atoms with Gasteiger partial charge < -0.3 is 9.47 Å². The van der Waals surface area contributed by atoms with Gasteiger partial charge in [0.1, 0.15) is 12.1 Å². The summed E-state index contributed by atoms with van der Waals surface area (Å²) in [5.41, 5.74) is -0.294. The molecular formula is C22H18ClF3N4O4. The minimum atomic E-state index is -4.57. The highest BCUT2D eigenvalue weighted by molar-refractivity contribution is 6.30. The molecule has 0 spiro atoms. The van der Waals surface area contributed by atoms with Crippen molar-refractivity contribution < 1.29 is 32.2 Å². The van der Waals surface area contributed by atoms with Crippen LogP contribution in [-0.2, 0) is 22.2 Å². The van der Waals surface area contributed by atoms with E-state index >= 15 is 0 Å². The Labute approximate surface area is 196 Å². The maximum absolute atomic E-state index is 13.4. The lowest BCUT2D eigenvalue weighted by Gasteiger charge is -2.25. The van der Waals surface area contributed by atoms with Crippen LogP contribution in [0.15, 0.2) is 54.7 Å². The molecule has 2 heterocycles. The molecule has 0 bridgehead atoms. The van der Waals surface area contributed by atoms with Gasteiger partial charge in [-0.1, -0.05) is 28.9 Å². The predicted molar refractivity (Wildman–Crippen MR) is 114 cm³/mol. The van der Waals surface area contributed by atoms with Gasteiger partial charge in [-0.2, -0.15) is 13.2 Å². The third-order valence-corrected chi connectivity index (χ3v) is 5.38. The smallest absolute Gasteiger partial charge is 0.416 e. The molecule has 1 fully saturated rings. The quantitative estimate of drug-likeness (QED) is 0.453. The molecule has 1 aromatic heterocycles. The number of carbonyl (C=O) groups is 2. The zero-order valence-electron chi connectivity index (χ0n) is 17.7. The highest BCUT2D eigenvalue weighted by Crippen LogP contribution is 2.40.